The second-order valence-electron chi connectivity index (χ2n) is 5.71. The number of carbonyl (C=O) groups excluding carboxylic acids is 4. The Kier molecular flexibility index (Phi) is 6.08. The number of thiophene rings is 1. The molecule has 0 unspecified atom stereocenters. The van der Waals surface area contributed by atoms with Crippen molar-refractivity contribution in [2.45, 2.75) is 45.6 Å². The number of Topliss-reactive ketones (excluding diaryl/α,β-unsaturated/α-hetero) is 1. The number of aryl methyl sites for hydroxylation is 2. The van der Waals surface area contributed by atoms with Crippen molar-refractivity contribution >= 4 is 35.0 Å². The summed E-state index contributed by atoms with van der Waals surface area (Å²) in [6, 6.07) is 1.35. The monoisotopic (exact) mass is 352 g/mol. The normalized spacial score (nSPS) is 13.2. The fraction of sp³-hybridized carbons (Fsp3) is 0.500. The molecule has 130 valence electrons. The SMILES string of the molecule is Cc1cc(C(=O)CCC(=O)OCC(=O)NC(=O)NC2CC2)c(C)s1. The van der Waals surface area contributed by atoms with Crippen molar-refractivity contribution in [1.82, 2.24) is 10.6 Å². The molecular weight excluding hydrogens is 332 g/mol. The molecule has 2 rings (SSSR count). The number of hydrogen-bond donors (Lipinski definition) is 2. The quantitative estimate of drug-likeness (QED) is 0.576. The molecule has 0 aliphatic heterocycles. The van der Waals surface area contributed by atoms with Gasteiger partial charge in [0.25, 0.3) is 5.91 Å². The molecule has 7 nitrogen and oxygen atoms in total. The summed E-state index contributed by atoms with van der Waals surface area (Å²) in [6.07, 6.45) is 1.75. The second kappa shape index (κ2) is 8.05. The maximum atomic E-state index is 12.0. The van der Waals surface area contributed by atoms with E-state index in [2.05, 4.69) is 10.6 Å². The molecule has 8 heteroatoms. The van der Waals surface area contributed by atoms with Gasteiger partial charge in [-0.1, -0.05) is 0 Å². The third-order valence-corrected chi connectivity index (χ3v) is 4.39. The molecule has 0 aromatic carbocycles. The van der Waals surface area contributed by atoms with Crippen LogP contribution in [0.25, 0.3) is 0 Å². The Morgan fingerprint density at radius 2 is 1.92 bits per heavy atom. The molecule has 0 bridgehead atoms. The number of esters is 1. The number of ketones is 1. The first-order valence-electron chi connectivity index (χ1n) is 7.71. The Hall–Kier alpha value is -2.22. The highest BCUT2D eigenvalue weighted by Gasteiger charge is 2.24. The lowest BCUT2D eigenvalue weighted by atomic mass is 10.1. The van der Waals surface area contributed by atoms with Crippen molar-refractivity contribution in [2.24, 2.45) is 0 Å². The first kappa shape index (κ1) is 18.1. The van der Waals surface area contributed by atoms with Crippen LogP contribution in [0.2, 0.25) is 0 Å². The van der Waals surface area contributed by atoms with Crippen molar-refractivity contribution in [3.05, 3.63) is 21.4 Å². The molecule has 1 fully saturated rings. The molecule has 1 aliphatic rings. The molecular formula is C16H20N2O5S. The summed E-state index contributed by atoms with van der Waals surface area (Å²) in [5, 5.41) is 4.66. The first-order chi connectivity index (χ1) is 11.3. The second-order valence-corrected chi connectivity index (χ2v) is 7.17. The van der Waals surface area contributed by atoms with Crippen LogP contribution in [0.1, 0.15) is 45.8 Å². The molecule has 1 aliphatic carbocycles. The molecule has 0 spiro atoms. The average molecular weight is 352 g/mol. The lowest BCUT2D eigenvalue weighted by Crippen LogP contribution is -2.42. The van der Waals surface area contributed by atoms with Crippen LogP contribution >= 0.6 is 11.3 Å². The molecule has 24 heavy (non-hydrogen) atoms. The molecule has 0 saturated heterocycles. The van der Waals surface area contributed by atoms with Crippen molar-refractivity contribution < 1.29 is 23.9 Å². The van der Waals surface area contributed by atoms with Crippen LogP contribution < -0.4 is 10.6 Å². The minimum absolute atomic E-state index is 0.0274. The van der Waals surface area contributed by atoms with Gasteiger partial charge in [-0.15, -0.1) is 11.3 Å². The topological polar surface area (TPSA) is 102 Å². The molecule has 0 atom stereocenters. The van der Waals surface area contributed by atoms with E-state index in [9.17, 15) is 19.2 Å². The summed E-state index contributed by atoms with van der Waals surface area (Å²) in [6.45, 7) is 3.24. The van der Waals surface area contributed by atoms with Crippen molar-refractivity contribution in [3.8, 4) is 0 Å². The van der Waals surface area contributed by atoms with E-state index in [1.54, 1.807) is 6.07 Å². The number of hydrogen-bond acceptors (Lipinski definition) is 6. The molecule has 1 saturated carbocycles. The number of ether oxygens (including phenoxy) is 1. The average Bonchev–Trinajstić information content (AvgIpc) is 3.25. The van der Waals surface area contributed by atoms with Crippen LogP contribution in [-0.4, -0.2) is 36.3 Å². The van der Waals surface area contributed by atoms with Gasteiger partial charge in [0.15, 0.2) is 12.4 Å². The Bertz CT molecular complexity index is 663. The van der Waals surface area contributed by atoms with E-state index in [0.717, 1.165) is 22.6 Å². The highest BCUT2D eigenvalue weighted by molar-refractivity contribution is 7.12. The number of nitrogens with one attached hydrogen (secondary N) is 2. The fourth-order valence-electron chi connectivity index (χ4n) is 2.09. The summed E-state index contributed by atoms with van der Waals surface area (Å²) in [5.74, 6) is -1.47. The van der Waals surface area contributed by atoms with E-state index in [-0.39, 0.29) is 24.7 Å². The van der Waals surface area contributed by atoms with Gasteiger partial charge in [0.05, 0.1) is 6.42 Å². The van der Waals surface area contributed by atoms with Crippen LogP contribution in [0.15, 0.2) is 6.07 Å². The van der Waals surface area contributed by atoms with E-state index < -0.39 is 24.5 Å². The van der Waals surface area contributed by atoms with Gasteiger partial charge in [-0.05, 0) is 32.8 Å². The Balaban J connectivity index is 1.65. The van der Waals surface area contributed by atoms with Crippen LogP contribution in [0.5, 0.6) is 0 Å². The van der Waals surface area contributed by atoms with Gasteiger partial charge in [0, 0.05) is 27.8 Å². The summed E-state index contributed by atoms with van der Waals surface area (Å²) >= 11 is 1.53. The van der Waals surface area contributed by atoms with Gasteiger partial charge in [-0.2, -0.15) is 0 Å². The van der Waals surface area contributed by atoms with Gasteiger partial charge in [0.1, 0.15) is 0 Å². The minimum Gasteiger partial charge on any atom is -0.456 e. The number of amides is 3. The Morgan fingerprint density at radius 1 is 1.21 bits per heavy atom. The Morgan fingerprint density at radius 3 is 2.50 bits per heavy atom. The lowest BCUT2D eigenvalue weighted by molar-refractivity contribution is -0.148. The van der Waals surface area contributed by atoms with Crippen molar-refractivity contribution in [3.63, 3.8) is 0 Å². The van der Waals surface area contributed by atoms with Gasteiger partial charge in [0.2, 0.25) is 0 Å². The molecule has 1 heterocycles. The fourth-order valence-corrected chi connectivity index (χ4v) is 3.03. The minimum atomic E-state index is -0.697. The molecule has 2 N–H and O–H groups in total. The number of rotatable bonds is 7. The molecule has 1 aromatic rings. The summed E-state index contributed by atoms with van der Waals surface area (Å²) in [4.78, 5) is 48.4. The zero-order valence-corrected chi connectivity index (χ0v) is 14.5. The zero-order valence-electron chi connectivity index (χ0n) is 13.6. The van der Waals surface area contributed by atoms with Gasteiger partial charge in [-0.25, -0.2) is 4.79 Å². The maximum absolute atomic E-state index is 12.0. The Labute approximate surface area is 143 Å². The van der Waals surface area contributed by atoms with Crippen LogP contribution in [0, 0.1) is 13.8 Å². The predicted molar refractivity (Wildman–Crippen MR) is 88.0 cm³/mol. The van der Waals surface area contributed by atoms with Crippen molar-refractivity contribution in [2.75, 3.05) is 6.61 Å². The molecule has 3 amide bonds. The smallest absolute Gasteiger partial charge is 0.321 e. The van der Waals surface area contributed by atoms with E-state index in [1.165, 1.54) is 11.3 Å². The first-order valence-corrected chi connectivity index (χ1v) is 8.53. The largest absolute Gasteiger partial charge is 0.456 e. The van der Waals surface area contributed by atoms with Crippen LogP contribution in [0.3, 0.4) is 0 Å². The van der Waals surface area contributed by atoms with E-state index in [1.807, 2.05) is 13.8 Å². The zero-order chi connectivity index (χ0) is 17.7. The van der Waals surface area contributed by atoms with Crippen LogP contribution in [-0.2, 0) is 14.3 Å². The lowest BCUT2D eigenvalue weighted by Gasteiger charge is -2.06. The predicted octanol–water partition coefficient (Wildman–Crippen LogP) is 1.86. The third kappa shape index (κ3) is 5.77. The van der Waals surface area contributed by atoms with Gasteiger partial charge in [-0.3, -0.25) is 19.7 Å². The standard InChI is InChI=1S/C16H20N2O5S/c1-9-7-12(10(2)24-9)13(19)5-6-15(21)23-8-14(20)18-16(22)17-11-3-4-11/h7,11H,3-6,8H2,1-2H3,(H2,17,18,20,22). The number of imide groups is 1. The van der Waals surface area contributed by atoms with E-state index in [4.69, 9.17) is 4.74 Å². The molecule has 1 aromatic heterocycles. The summed E-state index contributed by atoms with van der Waals surface area (Å²) in [7, 11) is 0. The highest BCUT2D eigenvalue weighted by atomic mass is 32.1. The van der Waals surface area contributed by atoms with Gasteiger partial charge < -0.3 is 10.1 Å². The van der Waals surface area contributed by atoms with E-state index >= 15 is 0 Å². The third-order valence-electron chi connectivity index (χ3n) is 3.43. The number of carbonyl (C=O) groups is 4. The highest BCUT2D eigenvalue weighted by Crippen LogP contribution is 2.22. The van der Waals surface area contributed by atoms with E-state index in [0.29, 0.717) is 5.56 Å². The van der Waals surface area contributed by atoms with Gasteiger partial charge >= 0.3 is 12.0 Å². The van der Waals surface area contributed by atoms with Crippen LogP contribution in [0.4, 0.5) is 4.79 Å². The molecule has 0 radical (unpaired) electrons. The summed E-state index contributed by atoms with van der Waals surface area (Å²) < 4.78 is 4.77. The summed E-state index contributed by atoms with van der Waals surface area (Å²) in [5.41, 5.74) is 0.625. The maximum Gasteiger partial charge on any atom is 0.321 e. The van der Waals surface area contributed by atoms with Crippen molar-refractivity contribution in [1.29, 1.82) is 0 Å². The number of urea groups is 1.